The van der Waals surface area contributed by atoms with Gasteiger partial charge in [0, 0.05) is 37.8 Å². The van der Waals surface area contributed by atoms with Crippen molar-refractivity contribution in [1.82, 2.24) is 10.2 Å². The molecule has 22 heavy (non-hydrogen) atoms. The number of phenols is 1. The number of hydrogen-bond donors (Lipinski definition) is 2. The normalized spacial score (nSPS) is 19.2. The molecule has 0 aliphatic carbocycles. The van der Waals surface area contributed by atoms with E-state index in [0.29, 0.717) is 5.56 Å². The van der Waals surface area contributed by atoms with Crippen LogP contribution in [0.3, 0.4) is 0 Å². The van der Waals surface area contributed by atoms with Crippen LogP contribution in [0.5, 0.6) is 5.75 Å². The molecule has 0 aromatic heterocycles. The van der Waals surface area contributed by atoms with Gasteiger partial charge in [-0.25, -0.2) is 0 Å². The molecular weight excluding hydrogens is 293 g/mol. The van der Waals surface area contributed by atoms with Crippen LogP contribution in [0.2, 0.25) is 0 Å². The zero-order chi connectivity index (χ0) is 16.5. The average molecular weight is 316 g/mol. The van der Waals surface area contributed by atoms with Crippen molar-refractivity contribution in [3.63, 3.8) is 0 Å². The van der Waals surface area contributed by atoms with Crippen molar-refractivity contribution >= 4 is 0 Å². The topological polar surface area (TPSA) is 35.5 Å². The second-order valence-electron chi connectivity index (χ2n) is 6.83. The zero-order valence-corrected chi connectivity index (χ0v) is 13.2. The summed E-state index contributed by atoms with van der Waals surface area (Å²) in [7, 11) is 0. The lowest BCUT2D eigenvalue weighted by molar-refractivity contribution is -0.137. The first-order valence-corrected chi connectivity index (χ1v) is 7.45. The Morgan fingerprint density at radius 3 is 2.23 bits per heavy atom. The number of phenolic OH excluding ortho intramolecular Hbond substituents is 1. The number of alkyl halides is 3. The van der Waals surface area contributed by atoms with E-state index >= 15 is 0 Å². The molecule has 0 unspecified atom stereocenters. The zero-order valence-electron chi connectivity index (χ0n) is 13.2. The molecule has 1 aliphatic rings. The molecule has 1 atom stereocenters. The first-order chi connectivity index (χ1) is 10.1. The summed E-state index contributed by atoms with van der Waals surface area (Å²) >= 11 is 0. The van der Waals surface area contributed by atoms with Crippen LogP contribution in [0.25, 0.3) is 0 Å². The number of aromatic hydroxyl groups is 1. The Hall–Kier alpha value is -1.27. The maximum atomic E-state index is 13.0. The van der Waals surface area contributed by atoms with Gasteiger partial charge in [0.1, 0.15) is 5.75 Å². The molecule has 2 rings (SSSR count). The molecule has 6 heteroatoms. The third kappa shape index (κ3) is 3.73. The number of nitrogens with one attached hydrogen (secondary N) is 1. The fourth-order valence-electron chi connectivity index (χ4n) is 3.10. The molecule has 1 aromatic rings. The Morgan fingerprint density at radius 2 is 1.73 bits per heavy atom. The molecular formula is C16H23F3N2O. The van der Waals surface area contributed by atoms with Crippen LogP contribution >= 0.6 is 0 Å². The highest BCUT2D eigenvalue weighted by Crippen LogP contribution is 2.43. The number of rotatable bonds is 2. The summed E-state index contributed by atoms with van der Waals surface area (Å²) in [5.41, 5.74) is -0.659. The molecule has 1 aromatic carbocycles. The van der Waals surface area contributed by atoms with Crippen molar-refractivity contribution in [1.29, 1.82) is 0 Å². The van der Waals surface area contributed by atoms with E-state index in [1.54, 1.807) is 0 Å². The maximum absolute atomic E-state index is 13.0. The third-order valence-corrected chi connectivity index (χ3v) is 3.99. The molecule has 1 aliphatic heterocycles. The van der Waals surface area contributed by atoms with Crippen molar-refractivity contribution in [3.05, 3.63) is 29.3 Å². The smallest absolute Gasteiger partial charge is 0.416 e. The lowest BCUT2D eigenvalue weighted by Gasteiger charge is -2.43. The Morgan fingerprint density at radius 1 is 1.14 bits per heavy atom. The van der Waals surface area contributed by atoms with E-state index in [-0.39, 0.29) is 17.2 Å². The van der Waals surface area contributed by atoms with E-state index in [0.717, 1.165) is 44.4 Å². The van der Waals surface area contributed by atoms with Gasteiger partial charge in [-0.05, 0) is 23.6 Å². The van der Waals surface area contributed by atoms with Crippen molar-refractivity contribution in [2.45, 2.75) is 33.0 Å². The number of benzene rings is 1. The highest BCUT2D eigenvalue weighted by Gasteiger charge is 2.37. The number of halogens is 3. The van der Waals surface area contributed by atoms with Crippen LogP contribution in [0.1, 0.15) is 37.9 Å². The van der Waals surface area contributed by atoms with Crippen molar-refractivity contribution < 1.29 is 18.3 Å². The quantitative estimate of drug-likeness (QED) is 0.878. The Labute approximate surface area is 129 Å². The van der Waals surface area contributed by atoms with Gasteiger partial charge >= 0.3 is 6.18 Å². The minimum atomic E-state index is -4.41. The van der Waals surface area contributed by atoms with Crippen LogP contribution in [-0.2, 0) is 6.18 Å². The Balaban J connectivity index is 2.47. The van der Waals surface area contributed by atoms with Crippen LogP contribution in [-0.4, -0.2) is 36.2 Å². The van der Waals surface area contributed by atoms with E-state index in [2.05, 4.69) is 10.2 Å². The number of hydrogen-bond acceptors (Lipinski definition) is 3. The van der Waals surface area contributed by atoms with E-state index in [4.69, 9.17) is 0 Å². The van der Waals surface area contributed by atoms with Crippen LogP contribution in [0.4, 0.5) is 13.2 Å². The Kier molecular flexibility index (Phi) is 4.73. The highest BCUT2D eigenvalue weighted by atomic mass is 19.4. The first-order valence-electron chi connectivity index (χ1n) is 7.45. The van der Waals surface area contributed by atoms with Crippen molar-refractivity contribution in [2.24, 2.45) is 5.41 Å². The molecule has 0 radical (unpaired) electrons. The first kappa shape index (κ1) is 17.1. The van der Waals surface area contributed by atoms with Gasteiger partial charge in [-0.2, -0.15) is 13.2 Å². The predicted octanol–water partition coefficient (Wildman–Crippen LogP) is 3.40. The summed E-state index contributed by atoms with van der Waals surface area (Å²) in [5.74, 6) is -0.0774. The lowest BCUT2D eigenvalue weighted by atomic mass is 9.80. The molecule has 3 nitrogen and oxygen atoms in total. The molecule has 0 spiro atoms. The Bertz CT molecular complexity index is 517. The summed E-state index contributed by atoms with van der Waals surface area (Å²) in [4.78, 5) is 2.14. The summed E-state index contributed by atoms with van der Waals surface area (Å²) in [6.45, 7) is 9.05. The standard InChI is InChI=1S/C16H23F3N2O/c1-15(2,3)14(21-8-6-20-7-9-21)12-10-11(16(17,18)19)4-5-13(12)22/h4-5,10,14,20,22H,6-9H2,1-3H3/t14-/m0/s1. The third-order valence-electron chi connectivity index (χ3n) is 3.99. The highest BCUT2D eigenvalue weighted by molar-refractivity contribution is 5.40. The van der Waals surface area contributed by atoms with E-state index < -0.39 is 11.7 Å². The van der Waals surface area contributed by atoms with Gasteiger partial charge in [0.15, 0.2) is 0 Å². The largest absolute Gasteiger partial charge is 0.508 e. The number of nitrogens with zero attached hydrogens (tertiary/aromatic N) is 1. The monoisotopic (exact) mass is 316 g/mol. The average Bonchev–Trinajstić information content (AvgIpc) is 2.39. The minimum absolute atomic E-state index is 0.0774. The summed E-state index contributed by atoms with van der Waals surface area (Å²) in [6, 6.07) is 2.90. The lowest BCUT2D eigenvalue weighted by Crippen LogP contribution is -2.48. The molecule has 1 saturated heterocycles. The summed E-state index contributed by atoms with van der Waals surface area (Å²) < 4.78 is 39.0. The molecule has 0 saturated carbocycles. The molecule has 0 amide bonds. The second kappa shape index (κ2) is 6.08. The van der Waals surface area contributed by atoms with Crippen molar-refractivity contribution in [3.8, 4) is 5.75 Å². The van der Waals surface area contributed by atoms with Gasteiger partial charge in [-0.1, -0.05) is 20.8 Å². The summed E-state index contributed by atoms with van der Waals surface area (Å²) in [6.07, 6.45) is -4.41. The van der Waals surface area contributed by atoms with E-state index in [9.17, 15) is 18.3 Å². The molecule has 1 fully saturated rings. The fourth-order valence-corrected chi connectivity index (χ4v) is 3.10. The van der Waals surface area contributed by atoms with E-state index in [1.807, 2.05) is 20.8 Å². The van der Waals surface area contributed by atoms with Gasteiger partial charge in [0.2, 0.25) is 0 Å². The predicted molar refractivity (Wildman–Crippen MR) is 79.7 cm³/mol. The number of piperazine rings is 1. The van der Waals surface area contributed by atoms with Gasteiger partial charge in [-0.3, -0.25) is 4.90 Å². The van der Waals surface area contributed by atoms with Gasteiger partial charge in [-0.15, -0.1) is 0 Å². The van der Waals surface area contributed by atoms with Crippen molar-refractivity contribution in [2.75, 3.05) is 26.2 Å². The minimum Gasteiger partial charge on any atom is -0.508 e. The SMILES string of the molecule is CC(C)(C)[C@H](c1cc(C(F)(F)F)ccc1O)N1CCNCC1. The molecule has 1 heterocycles. The van der Waals surface area contributed by atoms with Crippen LogP contribution in [0, 0.1) is 5.41 Å². The van der Waals surface area contributed by atoms with Gasteiger partial charge in [0.25, 0.3) is 0 Å². The van der Waals surface area contributed by atoms with Gasteiger partial charge < -0.3 is 10.4 Å². The van der Waals surface area contributed by atoms with E-state index in [1.165, 1.54) is 0 Å². The maximum Gasteiger partial charge on any atom is 0.416 e. The molecule has 2 N–H and O–H groups in total. The fraction of sp³-hybridized carbons (Fsp3) is 0.625. The molecule has 0 bridgehead atoms. The second-order valence-corrected chi connectivity index (χ2v) is 6.83. The van der Waals surface area contributed by atoms with Crippen LogP contribution < -0.4 is 5.32 Å². The molecule has 124 valence electrons. The van der Waals surface area contributed by atoms with Gasteiger partial charge in [0.05, 0.1) is 5.56 Å². The summed E-state index contributed by atoms with van der Waals surface area (Å²) in [5, 5.41) is 13.4. The van der Waals surface area contributed by atoms with Crippen LogP contribution in [0.15, 0.2) is 18.2 Å².